The van der Waals surface area contributed by atoms with Crippen LogP contribution in [0.4, 0.5) is 5.69 Å². The van der Waals surface area contributed by atoms with Gasteiger partial charge in [0.25, 0.3) is 11.5 Å². The number of hydrogen-bond acceptors (Lipinski definition) is 6. The van der Waals surface area contributed by atoms with Crippen LogP contribution >= 0.6 is 23.2 Å². The molecule has 9 nitrogen and oxygen atoms in total. The third kappa shape index (κ3) is 4.54. The van der Waals surface area contributed by atoms with E-state index in [1.165, 1.54) is 15.4 Å². The van der Waals surface area contributed by atoms with E-state index in [2.05, 4.69) is 10.00 Å². The molecule has 33 heavy (non-hydrogen) atoms. The van der Waals surface area contributed by atoms with Crippen molar-refractivity contribution in [3.63, 3.8) is 0 Å². The largest absolute Gasteiger partial charge is 0.310 e. The molecule has 3 heterocycles. The Balaban J connectivity index is 1.64. The Morgan fingerprint density at radius 3 is 2.58 bits per heavy atom. The Hall–Kier alpha value is -1.98. The van der Waals surface area contributed by atoms with Gasteiger partial charge in [-0.3, -0.25) is 9.59 Å². The molecule has 2 aromatic rings. The summed E-state index contributed by atoms with van der Waals surface area (Å²) in [5.74, 6) is -0.355. The van der Waals surface area contributed by atoms with Gasteiger partial charge < -0.3 is 9.80 Å². The lowest BCUT2D eigenvalue weighted by molar-refractivity contribution is -0.120. The number of rotatable bonds is 4. The van der Waals surface area contributed by atoms with Gasteiger partial charge >= 0.3 is 0 Å². The number of carbonyl (C=O) groups excluding carboxylic acids is 1. The molecular formula is C21H25Cl2N5O4S. The summed E-state index contributed by atoms with van der Waals surface area (Å²) in [6.07, 6.45) is 2.32. The van der Waals surface area contributed by atoms with E-state index in [0.717, 1.165) is 17.6 Å². The minimum atomic E-state index is -3.72. The Kier molecular flexibility index (Phi) is 6.84. The van der Waals surface area contributed by atoms with Gasteiger partial charge in [0.2, 0.25) is 10.0 Å². The molecule has 0 saturated carbocycles. The topological polar surface area (TPSA) is 95.8 Å². The van der Waals surface area contributed by atoms with Crippen molar-refractivity contribution in [3.8, 4) is 0 Å². The van der Waals surface area contributed by atoms with Crippen molar-refractivity contribution in [2.75, 3.05) is 44.7 Å². The fourth-order valence-electron chi connectivity index (χ4n) is 4.23. The molecule has 0 radical (unpaired) electrons. The van der Waals surface area contributed by atoms with Crippen molar-refractivity contribution in [1.29, 1.82) is 0 Å². The fourth-order valence-corrected chi connectivity index (χ4v) is 6.21. The average molecular weight is 514 g/mol. The van der Waals surface area contributed by atoms with Gasteiger partial charge in [-0.1, -0.05) is 29.3 Å². The highest BCUT2D eigenvalue weighted by atomic mass is 35.5. The van der Waals surface area contributed by atoms with E-state index < -0.39 is 21.6 Å². The lowest BCUT2D eigenvalue weighted by Crippen LogP contribution is -2.35. The summed E-state index contributed by atoms with van der Waals surface area (Å²) in [5.41, 5.74) is 0.441. The van der Waals surface area contributed by atoms with Gasteiger partial charge in [-0.05, 0) is 51.1 Å². The highest BCUT2D eigenvalue weighted by Gasteiger charge is 2.37. The molecule has 2 fully saturated rings. The first-order valence-corrected chi connectivity index (χ1v) is 12.8. The van der Waals surface area contributed by atoms with E-state index in [0.29, 0.717) is 43.9 Å². The molecule has 178 valence electrons. The van der Waals surface area contributed by atoms with Gasteiger partial charge in [-0.15, -0.1) is 0 Å². The minimum absolute atomic E-state index is 0.0216. The SMILES string of the molecule is Cc1ccc(N2CCC(n3ncc(Cl)c(Cl)c3=O)C2=O)cc1S(=O)(=O)N1CCCN(C)CC1. The van der Waals surface area contributed by atoms with Crippen LogP contribution in [0.15, 0.2) is 34.1 Å². The zero-order valence-corrected chi connectivity index (χ0v) is 20.7. The number of aryl methyl sites for hydroxylation is 1. The van der Waals surface area contributed by atoms with Crippen molar-refractivity contribution in [3.05, 3.63) is 50.4 Å². The highest BCUT2D eigenvalue weighted by molar-refractivity contribution is 7.89. The number of nitrogens with zero attached hydrogens (tertiary/aromatic N) is 5. The molecule has 1 atom stereocenters. The smallest absolute Gasteiger partial charge is 0.287 e. The summed E-state index contributed by atoms with van der Waals surface area (Å²) in [5, 5.41) is 3.81. The van der Waals surface area contributed by atoms with Crippen LogP contribution in [0, 0.1) is 6.92 Å². The maximum atomic E-state index is 13.4. The van der Waals surface area contributed by atoms with Crippen LogP contribution in [0.1, 0.15) is 24.4 Å². The molecule has 1 unspecified atom stereocenters. The molecule has 0 bridgehead atoms. The zero-order chi connectivity index (χ0) is 23.9. The molecule has 1 aromatic carbocycles. The number of carbonyl (C=O) groups is 1. The van der Waals surface area contributed by atoms with Gasteiger partial charge in [0.15, 0.2) is 0 Å². The summed E-state index contributed by atoms with van der Waals surface area (Å²) in [6, 6.07) is 4.13. The summed E-state index contributed by atoms with van der Waals surface area (Å²) in [6.45, 7) is 4.43. The Morgan fingerprint density at radius 1 is 1.06 bits per heavy atom. The Morgan fingerprint density at radius 2 is 1.82 bits per heavy atom. The molecule has 2 saturated heterocycles. The quantitative estimate of drug-likeness (QED) is 0.621. The standard InChI is InChI=1S/C21H25Cl2N5O4S/c1-14-4-5-15(12-18(14)33(31,32)26-8-3-7-25(2)10-11-26)27-9-6-17(20(27)29)28-21(30)19(23)16(22)13-24-28/h4-5,12-13,17H,3,6-11H2,1-2H3. The number of anilines is 1. The first-order valence-electron chi connectivity index (χ1n) is 10.6. The maximum absolute atomic E-state index is 13.4. The van der Waals surface area contributed by atoms with Crippen LogP contribution in [0.2, 0.25) is 10.0 Å². The van der Waals surface area contributed by atoms with Crippen molar-refractivity contribution < 1.29 is 13.2 Å². The molecule has 12 heteroatoms. The number of sulfonamides is 1. The molecule has 2 aliphatic heterocycles. The van der Waals surface area contributed by atoms with Gasteiger partial charge in [0.05, 0.1) is 16.1 Å². The van der Waals surface area contributed by atoms with Crippen molar-refractivity contribution in [1.82, 2.24) is 19.0 Å². The van der Waals surface area contributed by atoms with Crippen molar-refractivity contribution >= 4 is 44.8 Å². The lowest BCUT2D eigenvalue weighted by Gasteiger charge is -2.23. The van der Waals surface area contributed by atoms with E-state index >= 15 is 0 Å². The second-order valence-corrected chi connectivity index (χ2v) is 11.1. The van der Waals surface area contributed by atoms with E-state index in [9.17, 15) is 18.0 Å². The van der Waals surface area contributed by atoms with E-state index in [-0.39, 0.29) is 20.8 Å². The lowest BCUT2D eigenvalue weighted by atomic mass is 10.2. The van der Waals surface area contributed by atoms with Crippen LogP contribution < -0.4 is 10.5 Å². The summed E-state index contributed by atoms with van der Waals surface area (Å²) in [7, 11) is -1.75. The first-order chi connectivity index (χ1) is 15.6. The first kappa shape index (κ1) is 24.2. The van der Waals surface area contributed by atoms with Gasteiger partial charge in [-0.2, -0.15) is 9.40 Å². The molecule has 1 aromatic heterocycles. The second kappa shape index (κ2) is 9.34. The number of likely N-dealkylation sites (N-methyl/N-ethyl adjacent to an activating group) is 1. The summed E-state index contributed by atoms with van der Waals surface area (Å²) >= 11 is 11.8. The Labute approximate surface area is 202 Å². The molecule has 0 N–H and O–H groups in total. The Bertz CT molecular complexity index is 1250. The second-order valence-electron chi connectivity index (χ2n) is 8.36. The number of amides is 1. The third-order valence-corrected chi connectivity index (χ3v) is 8.94. The predicted octanol–water partition coefficient (Wildman–Crippen LogP) is 2.16. The molecule has 4 rings (SSSR count). The number of benzene rings is 1. The summed E-state index contributed by atoms with van der Waals surface area (Å²) in [4.78, 5) is 29.4. The average Bonchev–Trinajstić information content (AvgIpc) is 3.00. The van der Waals surface area contributed by atoms with Crippen LogP contribution in [0.3, 0.4) is 0 Å². The normalized spacial score (nSPS) is 20.9. The van der Waals surface area contributed by atoms with E-state index in [4.69, 9.17) is 23.2 Å². The van der Waals surface area contributed by atoms with Crippen LogP contribution in [-0.4, -0.2) is 73.1 Å². The molecule has 1 amide bonds. The van der Waals surface area contributed by atoms with E-state index in [1.807, 2.05) is 7.05 Å². The van der Waals surface area contributed by atoms with E-state index in [1.54, 1.807) is 25.1 Å². The number of halogens is 2. The highest BCUT2D eigenvalue weighted by Crippen LogP contribution is 2.32. The van der Waals surface area contributed by atoms with Crippen LogP contribution in [-0.2, 0) is 14.8 Å². The zero-order valence-electron chi connectivity index (χ0n) is 18.4. The molecular weight excluding hydrogens is 489 g/mol. The van der Waals surface area contributed by atoms with Crippen LogP contribution in [0.25, 0.3) is 0 Å². The summed E-state index contributed by atoms with van der Waals surface area (Å²) < 4.78 is 29.4. The molecule has 0 spiro atoms. The minimum Gasteiger partial charge on any atom is -0.310 e. The number of hydrogen-bond donors (Lipinski definition) is 0. The maximum Gasteiger partial charge on any atom is 0.287 e. The van der Waals surface area contributed by atoms with Gasteiger partial charge in [0, 0.05) is 31.9 Å². The predicted molar refractivity (Wildman–Crippen MR) is 127 cm³/mol. The van der Waals surface area contributed by atoms with Crippen LogP contribution in [0.5, 0.6) is 0 Å². The number of aromatic nitrogens is 2. The monoisotopic (exact) mass is 513 g/mol. The van der Waals surface area contributed by atoms with Gasteiger partial charge in [0.1, 0.15) is 11.1 Å². The molecule has 0 aliphatic carbocycles. The van der Waals surface area contributed by atoms with Crippen molar-refractivity contribution in [2.45, 2.75) is 30.7 Å². The third-order valence-electron chi connectivity index (χ3n) is 6.15. The molecule has 2 aliphatic rings. The van der Waals surface area contributed by atoms with Gasteiger partial charge in [-0.25, -0.2) is 13.1 Å². The van der Waals surface area contributed by atoms with Crippen molar-refractivity contribution in [2.24, 2.45) is 0 Å². The fraction of sp³-hybridized carbons (Fsp3) is 0.476.